The first-order valence-corrected chi connectivity index (χ1v) is 7.94. The Hall–Kier alpha value is -1.16. The molecule has 7 nitrogen and oxygen atoms in total. The van der Waals surface area contributed by atoms with Crippen molar-refractivity contribution < 1.29 is 17.9 Å². The number of carbonyl (C=O) groups is 1. The zero-order valence-corrected chi connectivity index (χ0v) is 12.0. The summed E-state index contributed by atoms with van der Waals surface area (Å²) in [5.74, 6) is -0.382. The fourth-order valence-corrected chi connectivity index (χ4v) is 4.60. The number of sulfonamides is 1. The van der Waals surface area contributed by atoms with Crippen LogP contribution < -0.4 is 11.1 Å². The van der Waals surface area contributed by atoms with Crippen molar-refractivity contribution in [3.8, 4) is 0 Å². The number of morpholine rings is 1. The van der Waals surface area contributed by atoms with Gasteiger partial charge >= 0.3 is 0 Å². The fourth-order valence-electron chi connectivity index (χ4n) is 1.83. The van der Waals surface area contributed by atoms with Crippen LogP contribution in [0.1, 0.15) is 0 Å². The fraction of sp³-hybridized carbons (Fsp3) is 0.500. The molecule has 1 aliphatic heterocycles. The molecule has 0 radical (unpaired) electrons. The van der Waals surface area contributed by atoms with Gasteiger partial charge in [0, 0.05) is 24.7 Å². The van der Waals surface area contributed by atoms with Crippen molar-refractivity contribution >= 4 is 33.0 Å². The number of hydrogen-bond donors (Lipinski definition) is 2. The molecule has 1 aromatic heterocycles. The van der Waals surface area contributed by atoms with Crippen LogP contribution in [0.15, 0.2) is 15.7 Å². The molecule has 2 heterocycles. The maximum atomic E-state index is 12.5. The highest BCUT2D eigenvalue weighted by Crippen LogP contribution is 2.27. The lowest BCUT2D eigenvalue weighted by Crippen LogP contribution is -2.55. The molecule has 19 heavy (non-hydrogen) atoms. The van der Waals surface area contributed by atoms with Crippen LogP contribution in [0, 0.1) is 0 Å². The maximum Gasteiger partial charge on any atom is 0.253 e. The number of ether oxygens (including phenoxy) is 1. The molecule has 1 amide bonds. The van der Waals surface area contributed by atoms with Gasteiger partial charge < -0.3 is 15.8 Å². The van der Waals surface area contributed by atoms with E-state index in [0.29, 0.717) is 5.69 Å². The molecule has 0 spiro atoms. The minimum Gasteiger partial charge on any atom is -0.398 e. The zero-order chi connectivity index (χ0) is 14.0. The summed E-state index contributed by atoms with van der Waals surface area (Å²) in [5.41, 5.74) is 5.95. The highest BCUT2D eigenvalue weighted by Gasteiger charge is 2.38. The predicted octanol–water partition coefficient (Wildman–Crippen LogP) is -0.534. The minimum atomic E-state index is -3.71. The standard InChI is InChI=1S/C10H15N3O4S2/c1-12-10(14)8-5-17-3-2-13(8)19(15,16)9-4-7(11)6-18-9/h4,6,8H,2-3,5,11H2,1H3,(H,12,14). The smallest absolute Gasteiger partial charge is 0.253 e. The molecule has 0 aromatic carbocycles. The van der Waals surface area contributed by atoms with E-state index in [2.05, 4.69) is 5.32 Å². The Morgan fingerprint density at radius 1 is 1.63 bits per heavy atom. The van der Waals surface area contributed by atoms with Crippen LogP contribution in [0.25, 0.3) is 0 Å². The largest absolute Gasteiger partial charge is 0.398 e. The molecule has 0 aliphatic carbocycles. The molecule has 9 heteroatoms. The Morgan fingerprint density at radius 2 is 2.37 bits per heavy atom. The van der Waals surface area contributed by atoms with Gasteiger partial charge in [0.2, 0.25) is 5.91 Å². The molecule has 1 unspecified atom stereocenters. The molecule has 0 bridgehead atoms. The predicted molar refractivity (Wildman–Crippen MR) is 71.3 cm³/mol. The van der Waals surface area contributed by atoms with Gasteiger partial charge in [-0.25, -0.2) is 8.42 Å². The van der Waals surface area contributed by atoms with Crippen LogP contribution in [-0.2, 0) is 19.6 Å². The quantitative estimate of drug-likeness (QED) is 0.781. The molecule has 0 saturated carbocycles. The number of likely N-dealkylation sites (N-methyl/N-ethyl adjacent to an activating group) is 1. The summed E-state index contributed by atoms with van der Waals surface area (Å²) in [4.78, 5) is 11.7. The molecule has 1 saturated heterocycles. The number of anilines is 1. The van der Waals surface area contributed by atoms with Crippen molar-refractivity contribution in [3.05, 3.63) is 11.4 Å². The summed E-state index contributed by atoms with van der Waals surface area (Å²) < 4.78 is 31.4. The first kappa shape index (κ1) is 14.3. The Balaban J connectivity index is 2.34. The van der Waals surface area contributed by atoms with E-state index in [4.69, 9.17) is 10.5 Å². The van der Waals surface area contributed by atoms with Crippen LogP contribution in [0.3, 0.4) is 0 Å². The van der Waals surface area contributed by atoms with Crippen LogP contribution in [0.2, 0.25) is 0 Å². The van der Waals surface area contributed by atoms with Gasteiger partial charge in [-0.15, -0.1) is 11.3 Å². The van der Waals surface area contributed by atoms with Crippen LogP contribution in [-0.4, -0.2) is 51.5 Å². The van der Waals surface area contributed by atoms with Gasteiger partial charge in [-0.3, -0.25) is 4.79 Å². The Morgan fingerprint density at radius 3 is 2.95 bits per heavy atom. The normalized spacial score (nSPS) is 21.2. The molecule has 1 aromatic rings. The number of hydrogen-bond acceptors (Lipinski definition) is 6. The van der Waals surface area contributed by atoms with Gasteiger partial charge in [0.1, 0.15) is 10.3 Å². The molecule has 1 fully saturated rings. The van der Waals surface area contributed by atoms with Gasteiger partial charge in [0.05, 0.1) is 13.2 Å². The van der Waals surface area contributed by atoms with Crippen molar-refractivity contribution in [2.75, 3.05) is 32.5 Å². The first-order valence-electron chi connectivity index (χ1n) is 5.62. The van der Waals surface area contributed by atoms with Crippen molar-refractivity contribution in [2.24, 2.45) is 0 Å². The highest BCUT2D eigenvalue weighted by molar-refractivity contribution is 7.91. The SMILES string of the molecule is CNC(=O)C1COCCN1S(=O)(=O)c1cc(N)cs1. The Bertz CT molecular complexity index is 569. The van der Waals surface area contributed by atoms with E-state index in [1.165, 1.54) is 17.4 Å². The van der Waals surface area contributed by atoms with Crippen LogP contribution >= 0.6 is 11.3 Å². The lowest BCUT2D eigenvalue weighted by Gasteiger charge is -2.32. The summed E-state index contributed by atoms with van der Waals surface area (Å²) in [6.07, 6.45) is 0. The molecule has 1 atom stereocenters. The van der Waals surface area contributed by atoms with Crippen molar-refractivity contribution in [3.63, 3.8) is 0 Å². The Kier molecular flexibility index (Phi) is 4.09. The molecular weight excluding hydrogens is 290 g/mol. The Labute approximate surface area is 115 Å². The minimum absolute atomic E-state index is 0.0553. The number of nitrogen functional groups attached to an aromatic ring is 1. The number of nitrogens with two attached hydrogens (primary N) is 1. The van der Waals surface area contributed by atoms with Crippen LogP contribution in [0.5, 0.6) is 0 Å². The molecular formula is C10H15N3O4S2. The van der Waals surface area contributed by atoms with Crippen molar-refractivity contribution in [1.82, 2.24) is 9.62 Å². The topological polar surface area (TPSA) is 102 Å². The molecule has 3 N–H and O–H groups in total. The van der Waals surface area contributed by atoms with Gasteiger partial charge in [0.15, 0.2) is 0 Å². The number of nitrogens with zero attached hydrogens (tertiary/aromatic N) is 1. The van der Waals surface area contributed by atoms with E-state index in [1.807, 2.05) is 0 Å². The summed E-state index contributed by atoms with van der Waals surface area (Å²) in [6.45, 7) is 0.478. The number of amides is 1. The number of nitrogens with one attached hydrogen (secondary N) is 1. The van der Waals surface area contributed by atoms with E-state index < -0.39 is 16.1 Å². The molecule has 2 rings (SSSR count). The van der Waals surface area contributed by atoms with Crippen LogP contribution in [0.4, 0.5) is 5.69 Å². The number of rotatable bonds is 3. The highest BCUT2D eigenvalue weighted by atomic mass is 32.2. The van der Waals surface area contributed by atoms with Gasteiger partial charge in [-0.2, -0.15) is 4.31 Å². The number of thiophene rings is 1. The summed E-state index contributed by atoms with van der Waals surface area (Å²) in [7, 11) is -2.25. The summed E-state index contributed by atoms with van der Waals surface area (Å²) in [5, 5.41) is 4.00. The van der Waals surface area contributed by atoms with E-state index in [1.54, 1.807) is 5.38 Å². The van der Waals surface area contributed by atoms with E-state index in [0.717, 1.165) is 11.3 Å². The van der Waals surface area contributed by atoms with Gasteiger partial charge in [-0.1, -0.05) is 0 Å². The monoisotopic (exact) mass is 305 g/mol. The van der Waals surface area contributed by atoms with Gasteiger partial charge in [-0.05, 0) is 6.07 Å². The lowest BCUT2D eigenvalue weighted by molar-refractivity contribution is -0.128. The third-order valence-electron chi connectivity index (χ3n) is 2.79. The molecule has 106 valence electrons. The van der Waals surface area contributed by atoms with Crippen molar-refractivity contribution in [1.29, 1.82) is 0 Å². The summed E-state index contributed by atoms with van der Waals surface area (Å²) >= 11 is 1.04. The maximum absolute atomic E-state index is 12.5. The lowest BCUT2D eigenvalue weighted by atomic mass is 10.2. The average Bonchev–Trinajstić information content (AvgIpc) is 2.85. The van der Waals surface area contributed by atoms with E-state index >= 15 is 0 Å². The van der Waals surface area contributed by atoms with E-state index in [9.17, 15) is 13.2 Å². The summed E-state index contributed by atoms with van der Waals surface area (Å²) in [6, 6.07) is 0.559. The second-order valence-corrected chi connectivity index (χ2v) is 7.05. The van der Waals surface area contributed by atoms with E-state index in [-0.39, 0.29) is 29.9 Å². The second kappa shape index (κ2) is 5.45. The van der Waals surface area contributed by atoms with Gasteiger partial charge in [0.25, 0.3) is 10.0 Å². The zero-order valence-electron chi connectivity index (χ0n) is 10.3. The third kappa shape index (κ3) is 2.73. The average molecular weight is 305 g/mol. The number of carbonyl (C=O) groups excluding carboxylic acids is 1. The first-order chi connectivity index (χ1) is 8.96. The van der Waals surface area contributed by atoms with Crippen molar-refractivity contribution in [2.45, 2.75) is 10.3 Å². The molecule has 1 aliphatic rings. The third-order valence-corrected chi connectivity index (χ3v) is 6.13. The second-order valence-electron chi connectivity index (χ2n) is 4.02.